The molecule has 16 bridgehead atoms. The molecule has 248 valence electrons. The SMILES string of the molecule is [Ir+3].[c-]1c2cc3ccccc3c1C1c3cccc(n3)C3c4cccc(n4)C(c4cccc1n4)c1[c-]c(cc4ccccc14)C2c1[c-]c3c2ccccc2c1. The predicted molar refractivity (Wildman–Crippen MR) is 205 cm³/mol. The summed E-state index contributed by atoms with van der Waals surface area (Å²) in [5, 5.41) is 6.97. The van der Waals surface area contributed by atoms with E-state index in [4.69, 9.17) is 15.0 Å². The van der Waals surface area contributed by atoms with E-state index in [1.54, 1.807) is 0 Å². The van der Waals surface area contributed by atoms with Crippen molar-refractivity contribution < 1.29 is 20.1 Å². The number of benzene rings is 6. The number of fused-ring (bicyclic) bond motifs is 3. The maximum atomic E-state index is 5.60. The number of pyridine rings is 3. The molecule has 0 aliphatic carbocycles. The van der Waals surface area contributed by atoms with Crippen molar-refractivity contribution in [3.05, 3.63) is 231 Å². The summed E-state index contributed by atoms with van der Waals surface area (Å²) in [6, 6.07) is 64.8. The Labute approximate surface area is 320 Å². The summed E-state index contributed by atoms with van der Waals surface area (Å²) in [6.45, 7) is 0. The normalized spacial score (nSPS) is 18.8. The number of rotatable bonds is 0. The van der Waals surface area contributed by atoms with Crippen molar-refractivity contribution in [2.24, 2.45) is 0 Å². The van der Waals surface area contributed by atoms with Crippen LogP contribution in [0.15, 0.2) is 146 Å². The van der Waals surface area contributed by atoms with Crippen LogP contribution in [0.3, 0.4) is 0 Å². The van der Waals surface area contributed by atoms with Gasteiger partial charge >= 0.3 is 20.1 Å². The zero-order valence-corrected chi connectivity index (χ0v) is 30.7. The molecule has 0 saturated carbocycles. The number of hydrogen-bond acceptors (Lipinski definition) is 3. The molecule has 4 aliphatic heterocycles. The summed E-state index contributed by atoms with van der Waals surface area (Å²) in [5.74, 6) is -0.961. The van der Waals surface area contributed by atoms with Crippen LogP contribution in [0.4, 0.5) is 0 Å². The molecule has 13 rings (SSSR count). The van der Waals surface area contributed by atoms with E-state index < -0.39 is 0 Å². The van der Waals surface area contributed by atoms with E-state index >= 15 is 0 Å². The largest absolute Gasteiger partial charge is 3.00 e. The molecule has 3 aromatic heterocycles. The van der Waals surface area contributed by atoms with E-state index in [1.165, 1.54) is 16.2 Å². The van der Waals surface area contributed by atoms with Crippen molar-refractivity contribution >= 4 is 32.3 Å². The Bertz CT molecular complexity index is 2590. The summed E-state index contributed by atoms with van der Waals surface area (Å²) < 4.78 is 0. The number of nitrogens with zero attached hydrogens (tertiary/aromatic N) is 3. The maximum Gasteiger partial charge on any atom is 3.00 e. The first-order valence-corrected chi connectivity index (χ1v) is 18.0. The molecule has 0 amide bonds. The van der Waals surface area contributed by atoms with Crippen LogP contribution in [0, 0.1) is 18.2 Å². The summed E-state index contributed by atoms with van der Waals surface area (Å²) in [7, 11) is 0. The Hall–Kier alpha value is -5.80. The quantitative estimate of drug-likeness (QED) is 0.143. The molecule has 4 heteroatoms. The molecule has 0 unspecified atom stereocenters. The topological polar surface area (TPSA) is 38.7 Å². The average molecular weight is 851 g/mol. The fraction of sp³-hybridized carbons (Fsp3) is 0.0816. The van der Waals surface area contributed by atoms with Crippen molar-refractivity contribution in [3.8, 4) is 0 Å². The van der Waals surface area contributed by atoms with Crippen LogP contribution >= 0.6 is 0 Å². The van der Waals surface area contributed by atoms with Crippen molar-refractivity contribution in [2.45, 2.75) is 23.7 Å². The second kappa shape index (κ2) is 11.6. The standard InChI is InChI=1S/C49H28N3.Ir/c1-4-13-34-28(10-1)22-31-25-37(34)47-40-16-7-18-42(50-40)48-38-26-32(23-29-11-2-5-14-35(29)38)46(31)33-24-30-12-3-6-15-36(30)39(27-33)49(43-19-8-17-41(47)51-43)45-21-9-20-44(48)52-45;/h1-24,46-49H;/q-3;+3. The van der Waals surface area contributed by atoms with Crippen LogP contribution in [0.5, 0.6) is 0 Å². The number of hydrogen-bond donors (Lipinski definition) is 0. The Morgan fingerprint density at radius 1 is 0.321 bits per heavy atom. The first kappa shape index (κ1) is 30.8. The average Bonchev–Trinajstić information content (AvgIpc) is 3.18. The van der Waals surface area contributed by atoms with Gasteiger partial charge in [-0.05, 0) is 42.3 Å². The zero-order chi connectivity index (χ0) is 33.9. The molecule has 4 aliphatic rings. The van der Waals surface area contributed by atoms with Crippen molar-refractivity contribution in [1.82, 2.24) is 15.0 Å². The minimum absolute atomic E-state index is 0. The number of aromatic nitrogens is 3. The Balaban J connectivity index is 0.00000331. The predicted octanol–water partition coefficient (Wildman–Crippen LogP) is 10.4. The smallest absolute Gasteiger partial charge is 0.256 e. The van der Waals surface area contributed by atoms with Crippen LogP contribution in [0.2, 0.25) is 0 Å². The fourth-order valence-corrected chi connectivity index (χ4v) is 9.25. The molecule has 53 heavy (non-hydrogen) atoms. The van der Waals surface area contributed by atoms with Gasteiger partial charge in [0.1, 0.15) is 0 Å². The van der Waals surface area contributed by atoms with E-state index in [0.717, 1.165) is 83.7 Å². The van der Waals surface area contributed by atoms with Gasteiger partial charge in [0.25, 0.3) is 0 Å². The van der Waals surface area contributed by atoms with Crippen LogP contribution in [-0.4, -0.2) is 15.0 Å². The summed E-state index contributed by atoms with van der Waals surface area (Å²) in [6.07, 6.45) is 0. The fourth-order valence-electron chi connectivity index (χ4n) is 9.25. The molecule has 0 fully saturated rings. The van der Waals surface area contributed by atoms with Gasteiger partial charge in [-0.2, -0.15) is 53.1 Å². The molecule has 0 atom stereocenters. The third-order valence-corrected chi connectivity index (χ3v) is 11.5. The van der Waals surface area contributed by atoms with Crippen molar-refractivity contribution in [1.29, 1.82) is 0 Å². The van der Waals surface area contributed by atoms with Gasteiger partial charge in [-0.3, -0.25) is 15.0 Å². The Kier molecular flexibility index (Phi) is 6.74. The molecular formula is C49H28IrN3. The summed E-state index contributed by atoms with van der Waals surface area (Å²) >= 11 is 0. The van der Waals surface area contributed by atoms with Gasteiger partial charge in [0.15, 0.2) is 0 Å². The third-order valence-electron chi connectivity index (χ3n) is 11.5. The van der Waals surface area contributed by atoms with E-state index in [9.17, 15) is 0 Å². The molecule has 3 nitrogen and oxygen atoms in total. The van der Waals surface area contributed by atoms with Gasteiger partial charge in [0, 0.05) is 17.8 Å². The van der Waals surface area contributed by atoms with Gasteiger partial charge in [-0.25, -0.2) is 0 Å². The Morgan fingerprint density at radius 2 is 0.604 bits per heavy atom. The van der Waals surface area contributed by atoms with Crippen molar-refractivity contribution in [3.63, 3.8) is 0 Å². The van der Waals surface area contributed by atoms with Crippen LogP contribution in [0.1, 0.15) is 91.2 Å². The minimum atomic E-state index is -0.255. The molecule has 0 spiro atoms. The molecular weight excluding hydrogens is 823 g/mol. The van der Waals surface area contributed by atoms with Crippen molar-refractivity contribution in [2.75, 3.05) is 0 Å². The van der Waals surface area contributed by atoms with Crippen LogP contribution in [-0.2, 0) is 20.1 Å². The second-order valence-electron chi connectivity index (χ2n) is 14.4. The summed E-state index contributed by atoms with van der Waals surface area (Å²) in [4.78, 5) is 16.8. The minimum Gasteiger partial charge on any atom is -0.256 e. The first-order chi connectivity index (χ1) is 25.7. The Morgan fingerprint density at radius 3 is 0.906 bits per heavy atom. The van der Waals surface area contributed by atoms with Crippen LogP contribution < -0.4 is 0 Å². The van der Waals surface area contributed by atoms with E-state index in [2.05, 4.69) is 164 Å². The first-order valence-electron chi connectivity index (χ1n) is 18.0. The van der Waals surface area contributed by atoms with Gasteiger partial charge in [0.05, 0.1) is 34.2 Å². The molecule has 7 heterocycles. The van der Waals surface area contributed by atoms with Gasteiger partial charge in [-0.15, -0.1) is 67.2 Å². The zero-order valence-electron chi connectivity index (χ0n) is 28.3. The van der Waals surface area contributed by atoms with Gasteiger partial charge in [-0.1, -0.05) is 72.8 Å². The monoisotopic (exact) mass is 851 g/mol. The van der Waals surface area contributed by atoms with E-state index in [1.807, 2.05) is 0 Å². The summed E-state index contributed by atoms with van der Waals surface area (Å²) in [5.41, 5.74) is 12.2. The second-order valence-corrected chi connectivity index (χ2v) is 14.4. The maximum absolute atomic E-state index is 5.60. The molecule has 9 aromatic rings. The molecule has 0 saturated heterocycles. The van der Waals surface area contributed by atoms with Crippen LogP contribution in [0.25, 0.3) is 32.3 Å². The third kappa shape index (κ3) is 4.53. The van der Waals surface area contributed by atoms with E-state index in [0.29, 0.717) is 0 Å². The molecule has 0 radical (unpaired) electrons. The van der Waals surface area contributed by atoms with Gasteiger partial charge < -0.3 is 0 Å². The van der Waals surface area contributed by atoms with Gasteiger partial charge in [0.2, 0.25) is 0 Å². The molecule has 0 N–H and O–H groups in total. The van der Waals surface area contributed by atoms with E-state index in [-0.39, 0.29) is 43.8 Å². The molecule has 6 aromatic carbocycles.